The van der Waals surface area contributed by atoms with Crippen molar-refractivity contribution < 1.29 is 10.2 Å². The second-order valence-corrected chi connectivity index (χ2v) is 5.35. The predicted octanol–water partition coefficient (Wildman–Crippen LogP) is 1.88. The lowest BCUT2D eigenvalue weighted by molar-refractivity contribution is 0.186. The average Bonchev–Trinajstić information content (AvgIpc) is 2.82. The van der Waals surface area contributed by atoms with Crippen molar-refractivity contribution in [2.75, 3.05) is 18.5 Å². The van der Waals surface area contributed by atoms with E-state index >= 15 is 0 Å². The van der Waals surface area contributed by atoms with Crippen molar-refractivity contribution in [1.29, 1.82) is 0 Å². The van der Waals surface area contributed by atoms with Crippen LogP contribution in [0.25, 0.3) is 5.69 Å². The molecule has 2 N–H and O–H groups in total. The van der Waals surface area contributed by atoms with E-state index in [-0.39, 0.29) is 12.7 Å². The van der Waals surface area contributed by atoms with Gasteiger partial charge in [-0.3, -0.25) is 0 Å². The molecule has 0 spiro atoms. The van der Waals surface area contributed by atoms with E-state index in [0.717, 1.165) is 22.8 Å². The molecule has 1 atom stereocenters. The van der Waals surface area contributed by atoms with Crippen LogP contribution in [-0.4, -0.2) is 39.7 Å². The molecule has 1 aromatic heterocycles. The van der Waals surface area contributed by atoms with Crippen LogP contribution in [0.1, 0.15) is 24.6 Å². The molecule has 21 heavy (non-hydrogen) atoms. The van der Waals surface area contributed by atoms with E-state index in [0.29, 0.717) is 13.0 Å². The van der Waals surface area contributed by atoms with Gasteiger partial charge in [0.15, 0.2) is 0 Å². The van der Waals surface area contributed by atoms with Gasteiger partial charge in [0.05, 0.1) is 24.1 Å². The molecule has 0 amide bonds. The van der Waals surface area contributed by atoms with Gasteiger partial charge in [-0.25, -0.2) is 4.68 Å². The Bertz CT molecular complexity index is 579. The van der Waals surface area contributed by atoms with Gasteiger partial charge in [0.25, 0.3) is 0 Å². The van der Waals surface area contributed by atoms with E-state index in [1.807, 2.05) is 53.9 Å². The lowest BCUT2D eigenvalue weighted by atomic mass is 10.2. The SMILES string of the molecule is Cc1nn(-c2ccccc2)c(N(C)CCC(C)O)c1CO. The van der Waals surface area contributed by atoms with Crippen LogP contribution in [-0.2, 0) is 6.61 Å². The summed E-state index contributed by atoms with van der Waals surface area (Å²) in [5, 5.41) is 23.7. The van der Waals surface area contributed by atoms with E-state index in [1.54, 1.807) is 6.92 Å². The molecular formula is C16H23N3O2. The van der Waals surface area contributed by atoms with Gasteiger partial charge in [-0.1, -0.05) is 18.2 Å². The molecule has 0 saturated carbocycles. The molecule has 0 radical (unpaired) electrons. The molecule has 5 heteroatoms. The summed E-state index contributed by atoms with van der Waals surface area (Å²) in [5.74, 6) is 0.877. The van der Waals surface area contributed by atoms with Gasteiger partial charge in [0.2, 0.25) is 0 Å². The highest BCUT2D eigenvalue weighted by Gasteiger charge is 2.19. The molecule has 1 heterocycles. The first-order chi connectivity index (χ1) is 10.0. The third kappa shape index (κ3) is 3.43. The first kappa shape index (κ1) is 15.5. The summed E-state index contributed by atoms with van der Waals surface area (Å²) < 4.78 is 1.85. The number of para-hydroxylation sites is 1. The molecule has 1 unspecified atom stereocenters. The first-order valence-electron chi connectivity index (χ1n) is 7.18. The molecule has 0 aliphatic heterocycles. The van der Waals surface area contributed by atoms with Crippen LogP contribution in [0.5, 0.6) is 0 Å². The Morgan fingerprint density at radius 3 is 2.52 bits per heavy atom. The highest BCUT2D eigenvalue weighted by atomic mass is 16.3. The Hall–Kier alpha value is -1.85. The second-order valence-electron chi connectivity index (χ2n) is 5.35. The Morgan fingerprint density at radius 1 is 1.29 bits per heavy atom. The molecule has 0 aliphatic carbocycles. The number of aryl methyl sites for hydroxylation is 1. The largest absolute Gasteiger partial charge is 0.393 e. The molecule has 0 aliphatic rings. The normalized spacial score (nSPS) is 12.4. The van der Waals surface area contributed by atoms with E-state index in [2.05, 4.69) is 5.10 Å². The maximum Gasteiger partial charge on any atom is 0.137 e. The monoisotopic (exact) mass is 289 g/mol. The number of nitrogens with zero attached hydrogens (tertiary/aromatic N) is 3. The molecule has 1 aromatic carbocycles. The molecule has 2 rings (SSSR count). The van der Waals surface area contributed by atoms with Crippen molar-refractivity contribution in [2.45, 2.75) is 33.0 Å². The minimum atomic E-state index is -0.348. The molecule has 2 aromatic rings. The summed E-state index contributed by atoms with van der Waals surface area (Å²) in [6, 6.07) is 9.86. The standard InChI is InChI=1S/C16H23N3O2/c1-12(21)9-10-18(3)16-15(11-20)13(2)17-19(16)14-7-5-4-6-8-14/h4-8,12,20-21H,9-11H2,1-3H3. The number of rotatable bonds is 6. The van der Waals surface area contributed by atoms with Crippen LogP contribution in [0.15, 0.2) is 30.3 Å². The van der Waals surface area contributed by atoms with Crippen molar-refractivity contribution in [2.24, 2.45) is 0 Å². The lowest BCUT2D eigenvalue weighted by Crippen LogP contribution is -2.25. The van der Waals surface area contributed by atoms with Gasteiger partial charge in [0.1, 0.15) is 5.82 Å². The zero-order chi connectivity index (χ0) is 15.4. The maximum atomic E-state index is 9.66. The first-order valence-corrected chi connectivity index (χ1v) is 7.18. The number of hydrogen-bond acceptors (Lipinski definition) is 4. The van der Waals surface area contributed by atoms with E-state index in [1.165, 1.54) is 0 Å². The van der Waals surface area contributed by atoms with E-state index < -0.39 is 0 Å². The lowest BCUT2D eigenvalue weighted by Gasteiger charge is -2.22. The van der Waals surface area contributed by atoms with Gasteiger partial charge in [-0.15, -0.1) is 0 Å². The van der Waals surface area contributed by atoms with Crippen LogP contribution in [0.3, 0.4) is 0 Å². The van der Waals surface area contributed by atoms with Crippen LogP contribution < -0.4 is 4.90 Å². The van der Waals surface area contributed by atoms with Crippen molar-refractivity contribution >= 4 is 5.82 Å². The Labute approximate surface area is 125 Å². The summed E-state index contributed by atoms with van der Waals surface area (Å²) in [5.41, 5.74) is 2.60. The topological polar surface area (TPSA) is 61.5 Å². The number of anilines is 1. The maximum absolute atomic E-state index is 9.66. The Balaban J connectivity index is 2.42. The highest BCUT2D eigenvalue weighted by molar-refractivity contribution is 5.54. The summed E-state index contributed by atoms with van der Waals surface area (Å²) in [4.78, 5) is 2.03. The third-order valence-corrected chi connectivity index (χ3v) is 3.56. The zero-order valence-electron chi connectivity index (χ0n) is 12.8. The quantitative estimate of drug-likeness (QED) is 0.852. The minimum absolute atomic E-state index is 0.0486. The number of hydrogen-bond donors (Lipinski definition) is 2. The average molecular weight is 289 g/mol. The van der Waals surface area contributed by atoms with Crippen molar-refractivity contribution in [3.8, 4) is 5.69 Å². The number of aliphatic hydroxyl groups excluding tert-OH is 2. The summed E-state index contributed by atoms with van der Waals surface area (Å²) in [7, 11) is 1.96. The molecule has 5 nitrogen and oxygen atoms in total. The molecular weight excluding hydrogens is 266 g/mol. The predicted molar refractivity (Wildman–Crippen MR) is 83.8 cm³/mol. The minimum Gasteiger partial charge on any atom is -0.393 e. The van der Waals surface area contributed by atoms with Crippen molar-refractivity contribution in [3.05, 3.63) is 41.6 Å². The van der Waals surface area contributed by atoms with Crippen molar-refractivity contribution in [3.63, 3.8) is 0 Å². The van der Waals surface area contributed by atoms with Crippen LogP contribution >= 0.6 is 0 Å². The Kier molecular flexibility index (Phi) is 4.98. The molecule has 0 saturated heterocycles. The van der Waals surface area contributed by atoms with Crippen molar-refractivity contribution in [1.82, 2.24) is 9.78 Å². The summed E-state index contributed by atoms with van der Waals surface area (Å²) in [6.45, 7) is 4.33. The fourth-order valence-corrected chi connectivity index (χ4v) is 2.36. The van der Waals surface area contributed by atoms with Crippen LogP contribution in [0.4, 0.5) is 5.82 Å². The van der Waals surface area contributed by atoms with E-state index in [9.17, 15) is 10.2 Å². The third-order valence-electron chi connectivity index (χ3n) is 3.56. The summed E-state index contributed by atoms with van der Waals surface area (Å²) >= 11 is 0. The van der Waals surface area contributed by atoms with Gasteiger partial charge >= 0.3 is 0 Å². The zero-order valence-corrected chi connectivity index (χ0v) is 12.8. The second kappa shape index (κ2) is 6.74. The number of aromatic nitrogens is 2. The molecule has 114 valence electrons. The van der Waals surface area contributed by atoms with Crippen LogP contribution in [0, 0.1) is 6.92 Å². The van der Waals surface area contributed by atoms with Gasteiger partial charge in [-0.05, 0) is 32.4 Å². The van der Waals surface area contributed by atoms with E-state index in [4.69, 9.17) is 0 Å². The highest BCUT2D eigenvalue weighted by Crippen LogP contribution is 2.26. The fourth-order valence-electron chi connectivity index (χ4n) is 2.36. The van der Waals surface area contributed by atoms with Gasteiger partial charge in [0, 0.05) is 19.2 Å². The number of benzene rings is 1. The Morgan fingerprint density at radius 2 is 1.95 bits per heavy atom. The van der Waals surface area contributed by atoms with Gasteiger partial charge in [-0.2, -0.15) is 5.10 Å². The summed E-state index contributed by atoms with van der Waals surface area (Å²) in [6.07, 6.45) is 0.319. The molecule has 0 bridgehead atoms. The fraction of sp³-hybridized carbons (Fsp3) is 0.438. The molecule has 0 fully saturated rings. The number of aliphatic hydroxyl groups is 2. The smallest absolute Gasteiger partial charge is 0.137 e. The van der Waals surface area contributed by atoms with Gasteiger partial charge < -0.3 is 15.1 Å². The van der Waals surface area contributed by atoms with Crippen LogP contribution in [0.2, 0.25) is 0 Å².